The summed E-state index contributed by atoms with van der Waals surface area (Å²) in [5, 5.41) is 4.09. The molecule has 0 saturated heterocycles. The zero-order valence-electron chi connectivity index (χ0n) is 16.9. The third-order valence-corrected chi connectivity index (χ3v) is 6.24. The van der Waals surface area contributed by atoms with E-state index in [1.165, 1.54) is 18.3 Å². The molecular weight excluding hydrogens is 560 g/mol. The van der Waals surface area contributed by atoms with E-state index in [0.717, 1.165) is 10.0 Å². The molecule has 2 unspecified atom stereocenters. The number of aromatic nitrogens is 2. The zero-order valence-corrected chi connectivity index (χ0v) is 20.1. The fraction of sp³-hybridized carbons (Fsp3) is 0.125. The molecule has 0 amide bonds. The molecule has 2 heterocycles. The van der Waals surface area contributed by atoms with Gasteiger partial charge in [-0.15, -0.1) is 0 Å². The minimum Gasteiger partial charge on any atom is -0.468 e. The van der Waals surface area contributed by atoms with Crippen molar-refractivity contribution in [1.29, 1.82) is 0 Å². The highest BCUT2D eigenvalue weighted by Gasteiger charge is 2.34. The van der Waals surface area contributed by atoms with Crippen LogP contribution in [-0.2, 0) is 6.42 Å². The Balaban J connectivity index is 1.51. The molecule has 0 radical (unpaired) electrons. The van der Waals surface area contributed by atoms with Gasteiger partial charge in [0, 0.05) is 20.7 Å². The summed E-state index contributed by atoms with van der Waals surface area (Å²) in [4.78, 5) is 8.96. The van der Waals surface area contributed by atoms with Crippen LogP contribution in [0.1, 0.15) is 22.9 Å². The van der Waals surface area contributed by atoms with Gasteiger partial charge in [0.15, 0.2) is 12.1 Å². The third kappa shape index (κ3) is 4.60. The summed E-state index contributed by atoms with van der Waals surface area (Å²) < 4.78 is 41.4. The van der Waals surface area contributed by atoms with E-state index in [-0.39, 0.29) is 11.5 Å². The van der Waals surface area contributed by atoms with Crippen LogP contribution in [0, 0.1) is 11.6 Å². The van der Waals surface area contributed by atoms with Crippen molar-refractivity contribution in [2.24, 2.45) is 4.99 Å². The molecule has 0 spiro atoms. The zero-order chi connectivity index (χ0) is 22.9. The summed E-state index contributed by atoms with van der Waals surface area (Å²) in [7, 11) is 0. The molecule has 1 aliphatic heterocycles. The summed E-state index contributed by atoms with van der Waals surface area (Å²) in [5.41, 5.74) is 1.47. The Labute approximate surface area is 204 Å². The van der Waals surface area contributed by atoms with Crippen molar-refractivity contribution in [1.82, 2.24) is 10.1 Å². The SMILES string of the molecule is Fc1ccc(Br)cc1/C=N/C1Oc2ccccc2CC1c1noc(-c2cc(Br)ccc2F)n1. The van der Waals surface area contributed by atoms with Crippen molar-refractivity contribution >= 4 is 38.1 Å². The van der Waals surface area contributed by atoms with Crippen LogP contribution in [0.2, 0.25) is 0 Å². The van der Waals surface area contributed by atoms with Gasteiger partial charge < -0.3 is 9.26 Å². The van der Waals surface area contributed by atoms with E-state index in [2.05, 4.69) is 47.0 Å². The number of fused-ring (bicyclic) bond motifs is 1. The number of ether oxygens (including phenoxy) is 1. The maximum absolute atomic E-state index is 14.3. The summed E-state index contributed by atoms with van der Waals surface area (Å²) in [6.45, 7) is 0. The Kier molecular flexibility index (Phi) is 6.07. The Morgan fingerprint density at radius 3 is 2.58 bits per heavy atom. The van der Waals surface area contributed by atoms with Crippen molar-refractivity contribution in [3.05, 3.63) is 98.2 Å². The van der Waals surface area contributed by atoms with Gasteiger partial charge in [0.1, 0.15) is 17.4 Å². The third-order valence-electron chi connectivity index (χ3n) is 5.26. The summed E-state index contributed by atoms with van der Waals surface area (Å²) in [6.07, 6.45) is 1.23. The number of para-hydroxylation sites is 1. The number of hydrogen-bond acceptors (Lipinski definition) is 5. The first-order chi connectivity index (χ1) is 16.0. The normalized spacial score (nSPS) is 17.7. The first kappa shape index (κ1) is 21.9. The van der Waals surface area contributed by atoms with Gasteiger partial charge in [-0.1, -0.05) is 55.2 Å². The molecule has 4 aromatic rings. The molecule has 0 bridgehead atoms. The predicted molar refractivity (Wildman–Crippen MR) is 126 cm³/mol. The van der Waals surface area contributed by atoms with Crippen LogP contribution in [0.3, 0.4) is 0 Å². The van der Waals surface area contributed by atoms with Gasteiger partial charge in [-0.05, 0) is 54.4 Å². The van der Waals surface area contributed by atoms with Crippen LogP contribution in [0.25, 0.3) is 11.5 Å². The number of halogens is 4. The maximum Gasteiger partial charge on any atom is 0.260 e. The van der Waals surface area contributed by atoms with E-state index >= 15 is 0 Å². The van der Waals surface area contributed by atoms with Gasteiger partial charge in [-0.2, -0.15) is 4.98 Å². The van der Waals surface area contributed by atoms with Gasteiger partial charge in [-0.3, -0.25) is 0 Å². The Morgan fingerprint density at radius 1 is 0.970 bits per heavy atom. The first-order valence-electron chi connectivity index (χ1n) is 10.00. The smallest absolute Gasteiger partial charge is 0.260 e. The van der Waals surface area contributed by atoms with Gasteiger partial charge in [0.2, 0.25) is 0 Å². The van der Waals surface area contributed by atoms with Crippen molar-refractivity contribution in [2.45, 2.75) is 18.6 Å². The monoisotopic (exact) mass is 573 g/mol. The van der Waals surface area contributed by atoms with Gasteiger partial charge in [-0.25, -0.2) is 13.8 Å². The van der Waals surface area contributed by atoms with Crippen LogP contribution < -0.4 is 4.74 Å². The fourth-order valence-corrected chi connectivity index (χ4v) is 4.35. The highest BCUT2D eigenvalue weighted by molar-refractivity contribution is 9.10. The number of benzene rings is 3. The molecule has 0 N–H and O–H groups in total. The second-order valence-corrected chi connectivity index (χ2v) is 9.28. The standard InChI is InChI=1S/C24H15Br2F2N3O2/c25-15-5-7-19(27)14(9-15)12-29-23-18(10-13-3-1-2-4-21(13)32-23)22-30-24(33-31-22)17-11-16(26)6-8-20(17)28/h1-9,11-12,18,23H,10H2/b29-12+. The molecule has 5 nitrogen and oxygen atoms in total. The second-order valence-electron chi connectivity index (χ2n) is 7.45. The summed E-state index contributed by atoms with van der Waals surface area (Å²) in [5.74, 6) is -0.217. The molecule has 2 atom stereocenters. The van der Waals surface area contributed by atoms with E-state index in [4.69, 9.17) is 9.26 Å². The lowest BCUT2D eigenvalue weighted by atomic mass is 9.93. The quantitative estimate of drug-likeness (QED) is 0.254. The highest BCUT2D eigenvalue weighted by atomic mass is 79.9. The summed E-state index contributed by atoms with van der Waals surface area (Å²) in [6, 6.07) is 16.7. The van der Waals surface area contributed by atoms with E-state index < -0.39 is 23.8 Å². The van der Waals surface area contributed by atoms with Crippen LogP contribution in [0.4, 0.5) is 8.78 Å². The Bertz CT molecular complexity index is 1360. The van der Waals surface area contributed by atoms with Crippen LogP contribution in [0.15, 0.2) is 79.1 Å². The molecule has 1 aliphatic rings. The molecule has 33 heavy (non-hydrogen) atoms. The molecule has 9 heteroatoms. The lowest BCUT2D eigenvalue weighted by Gasteiger charge is -2.29. The molecule has 3 aromatic carbocycles. The van der Waals surface area contributed by atoms with Gasteiger partial charge in [0.25, 0.3) is 5.89 Å². The van der Waals surface area contributed by atoms with Gasteiger partial charge >= 0.3 is 0 Å². The Morgan fingerprint density at radius 2 is 1.73 bits per heavy atom. The molecule has 0 aliphatic carbocycles. The number of aliphatic imine (C=N–C) groups is 1. The predicted octanol–water partition coefficient (Wildman–Crippen LogP) is 6.70. The minimum absolute atomic E-state index is 0.0587. The highest BCUT2D eigenvalue weighted by Crippen LogP contribution is 2.37. The van der Waals surface area contributed by atoms with Gasteiger partial charge in [0.05, 0.1) is 11.5 Å². The largest absolute Gasteiger partial charge is 0.468 e. The molecule has 0 fully saturated rings. The van der Waals surface area contributed by atoms with Crippen LogP contribution in [0.5, 0.6) is 5.75 Å². The number of rotatable bonds is 4. The molecule has 5 rings (SSSR count). The van der Waals surface area contributed by atoms with Crippen LogP contribution >= 0.6 is 31.9 Å². The molecule has 1 aromatic heterocycles. The lowest BCUT2D eigenvalue weighted by molar-refractivity contribution is 0.153. The van der Waals surface area contributed by atoms with E-state index in [0.29, 0.717) is 28.0 Å². The van der Waals surface area contributed by atoms with Crippen molar-refractivity contribution in [2.75, 3.05) is 0 Å². The summed E-state index contributed by atoms with van der Waals surface area (Å²) >= 11 is 6.67. The maximum atomic E-state index is 14.3. The average Bonchev–Trinajstić information content (AvgIpc) is 3.30. The van der Waals surface area contributed by atoms with E-state index in [1.807, 2.05) is 24.3 Å². The average molecular weight is 575 g/mol. The second kappa shape index (κ2) is 9.15. The minimum atomic E-state index is -0.726. The topological polar surface area (TPSA) is 60.5 Å². The molecule has 0 saturated carbocycles. The lowest BCUT2D eigenvalue weighted by Crippen LogP contribution is -2.30. The molecular formula is C24H15Br2F2N3O2. The van der Waals surface area contributed by atoms with E-state index in [1.54, 1.807) is 24.3 Å². The van der Waals surface area contributed by atoms with Crippen molar-refractivity contribution < 1.29 is 18.0 Å². The van der Waals surface area contributed by atoms with Crippen LogP contribution in [-0.4, -0.2) is 22.6 Å². The number of nitrogens with zero attached hydrogens (tertiary/aromatic N) is 3. The fourth-order valence-electron chi connectivity index (χ4n) is 3.61. The van der Waals surface area contributed by atoms with E-state index in [9.17, 15) is 8.78 Å². The van der Waals surface area contributed by atoms with Crippen molar-refractivity contribution in [3.63, 3.8) is 0 Å². The molecule has 166 valence electrons. The van der Waals surface area contributed by atoms with Crippen molar-refractivity contribution in [3.8, 4) is 17.2 Å². The first-order valence-corrected chi connectivity index (χ1v) is 11.6. The Hall–Kier alpha value is -2.91. The number of hydrogen-bond donors (Lipinski definition) is 0.